The second-order valence-corrected chi connectivity index (χ2v) is 14.7. The van der Waals surface area contributed by atoms with Crippen LogP contribution in [0.4, 0.5) is 0 Å². The van der Waals surface area contributed by atoms with Gasteiger partial charge in [-0.1, -0.05) is 51.1 Å². The van der Waals surface area contributed by atoms with E-state index in [4.69, 9.17) is 9.84 Å². The fourth-order valence-corrected chi connectivity index (χ4v) is 10.3. The first-order chi connectivity index (χ1) is 20.4. The van der Waals surface area contributed by atoms with Crippen molar-refractivity contribution in [3.8, 4) is 0 Å². The maximum Gasteiger partial charge on any atom is 0.335 e. The standard InChI is InChI=1S/C35H51NO7/c1-21(9-12-30(39)36-20-31(40)41)25-10-11-26-32-27(14-16-35(25,26)3)34(2)15-13-24(18-23(34)19-28(32)37)43-33(42)29(38)17-22-7-5-4-6-8-22/h4-8,21,23-29,32,37-38H,9-20H2,1-3H3,(H,36,39)(H,40,41)/t21-,23?,24-,25-,26+,27+,28-,29?,32+,34+,35-/m1/s1. The van der Waals surface area contributed by atoms with Crippen molar-refractivity contribution in [3.63, 3.8) is 0 Å². The van der Waals surface area contributed by atoms with Crippen molar-refractivity contribution in [3.05, 3.63) is 35.9 Å². The Bertz CT molecular complexity index is 1160. The summed E-state index contributed by atoms with van der Waals surface area (Å²) in [6.45, 7) is 6.74. The number of aliphatic hydroxyl groups excluding tert-OH is 2. The predicted octanol–water partition coefficient (Wildman–Crippen LogP) is 4.75. The summed E-state index contributed by atoms with van der Waals surface area (Å²) < 4.78 is 5.86. The van der Waals surface area contributed by atoms with Gasteiger partial charge in [0.1, 0.15) is 12.6 Å². The first-order valence-corrected chi connectivity index (χ1v) is 16.5. The molecule has 11 atom stereocenters. The van der Waals surface area contributed by atoms with E-state index in [-0.39, 0.29) is 53.7 Å². The lowest BCUT2D eigenvalue weighted by molar-refractivity contribution is -0.186. The summed E-state index contributed by atoms with van der Waals surface area (Å²) in [7, 11) is 0. The number of aliphatic carboxylic acids is 1. The van der Waals surface area contributed by atoms with E-state index < -0.39 is 18.0 Å². The van der Waals surface area contributed by atoms with Gasteiger partial charge in [-0.05, 0) is 110 Å². The van der Waals surface area contributed by atoms with Crippen LogP contribution in [0.5, 0.6) is 0 Å². The maximum atomic E-state index is 12.8. The molecule has 1 amide bonds. The van der Waals surface area contributed by atoms with Gasteiger partial charge in [-0.15, -0.1) is 0 Å². The summed E-state index contributed by atoms with van der Waals surface area (Å²) in [5.41, 5.74) is 1.13. The van der Waals surface area contributed by atoms with Crippen LogP contribution in [0.15, 0.2) is 30.3 Å². The molecule has 4 aliphatic rings. The Morgan fingerprint density at radius 2 is 1.70 bits per heavy atom. The second kappa shape index (κ2) is 12.9. The van der Waals surface area contributed by atoms with Crippen LogP contribution in [0, 0.1) is 46.3 Å². The lowest BCUT2D eigenvalue weighted by atomic mass is 9.43. The van der Waals surface area contributed by atoms with E-state index in [0.29, 0.717) is 30.1 Å². The number of benzene rings is 1. The van der Waals surface area contributed by atoms with Crippen molar-refractivity contribution >= 4 is 17.8 Å². The lowest BCUT2D eigenvalue weighted by Crippen LogP contribution is -2.59. The molecule has 4 aliphatic carbocycles. The van der Waals surface area contributed by atoms with Gasteiger partial charge in [0.15, 0.2) is 6.10 Å². The minimum Gasteiger partial charge on any atom is -0.480 e. The van der Waals surface area contributed by atoms with Crippen molar-refractivity contribution in [2.45, 2.75) is 110 Å². The first kappa shape index (κ1) is 32.0. The second-order valence-electron chi connectivity index (χ2n) is 14.7. The highest BCUT2D eigenvalue weighted by Crippen LogP contribution is 2.68. The molecule has 0 spiro atoms. The van der Waals surface area contributed by atoms with Crippen molar-refractivity contribution in [1.82, 2.24) is 5.32 Å². The predicted molar refractivity (Wildman–Crippen MR) is 162 cm³/mol. The topological polar surface area (TPSA) is 133 Å². The van der Waals surface area contributed by atoms with Crippen LogP contribution in [-0.2, 0) is 25.5 Å². The van der Waals surface area contributed by atoms with Crippen LogP contribution in [0.1, 0.15) is 90.5 Å². The summed E-state index contributed by atoms with van der Waals surface area (Å²) >= 11 is 0. The number of fused-ring (bicyclic) bond motifs is 5. The Balaban J connectivity index is 1.19. The maximum absolute atomic E-state index is 12.8. The van der Waals surface area contributed by atoms with Crippen molar-refractivity contribution in [2.75, 3.05) is 6.54 Å². The molecule has 0 radical (unpaired) electrons. The molecule has 1 aromatic rings. The monoisotopic (exact) mass is 597 g/mol. The number of carboxylic acid groups (broad SMARTS) is 1. The zero-order chi connectivity index (χ0) is 30.9. The van der Waals surface area contributed by atoms with Crippen LogP contribution in [0.25, 0.3) is 0 Å². The highest BCUT2D eigenvalue weighted by molar-refractivity contribution is 5.81. The van der Waals surface area contributed by atoms with E-state index in [1.54, 1.807) is 0 Å². The fraction of sp³-hybridized carbons (Fsp3) is 0.743. The van der Waals surface area contributed by atoms with Gasteiger partial charge in [-0.25, -0.2) is 4.79 Å². The number of nitrogens with one attached hydrogen (secondary N) is 1. The largest absolute Gasteiger partial charge is 0.480 e. The molecule has 0 heterocycles. The smallest absolute Gasteiger partial charge is 0.335 e. The molecule has 4 fully saturated rings. The van der Waals surface area contributed by atoms with Crippen LogP contribution in [-0.4, -0.2) is 58.0 Å². The lowest BCUT2D eigenvalue weighted by Gasteiger charge is -2.62. The molecule has 43 heavy (non-hydrogen) atoms. The molecule has 0 aromatic heterocycles. The molecule has 2 unspecified atom stereocenters. The van der Waals surface area contributed by atoms with Gasteiger partial charge in [0.05, 0.1) is 6.10 Å². The minimum atomic E-state index is -1.18. The van der Waals surface area contributed by atoms with E-state index in [2.05, 4.69) is 26.1 Å². The molecule has 8 nitrogen and oxygen atoms in total. The molecule has 5 rings (SSSR count). The third-order valence-electron chi connectivity index (χ3n) is 12.5. The zero-order valence-corrected chi connectivity index (χ0v) is 26.0. The Morgan fingerprint density at radius 3 is 2.42 bits per heavy atom. The van der Waals surface area contributed by atoms with E-state index in [0.717, 1.165) is 63.4 Å². The fourth-order valence-electron chi connectivity index (χ4n) is 10.3. The highest BCUT2D eigenvalue weighted by Gasteiger charge is 2.63. The normalized spacial score (nSPS) is 38.1. The molecular formula is C35H51NO7. The van der Waals surface area contributed by atoms with Crippen LogP contribution in [0.2, 0.25) is 0 Å². The Kier molecular flexibility index (Phi) is 9.57. The number of aliphatic hydroxyl groups is 2. The van der Waals surface area contributed by atoms with Crippen LogP contribution >= 0.6 is 0 Å². The van der Waals surface area contributed by atoms with Gasteiger partial charge in [0, 0.05) is 12.8 Å². The Labute approximate surface area is 256 Å². The zero-order valence-electron chi connectivity index (χ0n) is 26.0. The molecule has 0 saturated heterocycles. The average molecular weight is 598 g/mol. The minimum absolute atomic E-state index is 0.0999. The molecule has 0 aliphatic heterocycles. The molecule has 1 aromatic carbocycles. The van der Waals surface area contributed by atoms with Gasteiger partial charge in [-0.2, -0.15) is 0 Å². The van der Waals surface area contributed by atoms with Crippen LogP contribution in [0.3, 0.4) is 0 Å². The summed E-state index contributed by atoms with van der Waals surface area (Å²) in [6.07, 6.45) is 7.22. The highest BCUT2D eigenvalue weighted by atomic mass is 16.6. The number of carbonyl (C=O) groups excluding carboxylic acids is 2. The van der Waals surface area contributed by atoms with Crippen molar-refractivity contribution < 1.29 is 34.4 Å². The van der Waals surface area contributed by atoms with E-state index >= 15 is 0 Å². The van der Waals surface area contributed by atoms with E-state index in [9.17, 15) is 24.6 Å². The number of hydrogen-bond donors (Lipinski definition) is 4. The summed E-state index contributed by atoms with van der Waals surface area (Å²) in [6, 6.07) is 9.49. The molecular weight excluding hydrogens is 546 g/mol. The van der Waals surface area contributed by atoms with E-state index in [1.165, 1.54) is 0 Å². The number of carbonyl (C=O) groups is 3. The number of carboxylic acids is 1. The number of ether oxygens (including phenoxy) is 1. The van der Waals surface area contributed by atoms with E-state index in [1.807, 2.05) is 30.3 Å². The Morgan fingerprint density at radius 1 is 1.00 bits per heavy atom. The molecule has 4 N–H and O–H groups in total. The third kappa shape index (κ3) is 6.51. The summed E-state index contributed by atoms with van der Waals surface area (Å²) in [5, 5.41) is 33.5. The molecule has 4 saturated carbocycles. The van der Waals surface area contributed by atoms with Gasteiger partial charge >= 0.3 is 11.9 Å². The van der Waals surface area contributed by atoms with Gasteiger partial charge < -0.3 is 25.4 Å². The summed E-state index contributed by atoms with van der Waals surface area (Å²) in [4.78, 5) is 35.7. The number of hydrogen-bond acceptors (Lipinski definition) is 6. The molecule has 0 bridgehead atoms. The van der Waals surface area contributed by atoms with Gasteiger partial charge in [-0.3, -0.25) is 9.59 Å². The van der Waals surface area contributed by atoms with Gasteiger partial charge in [0.2, 0.25) is 5.91 Å². The van der Waals surface area contributed by atoms with Crippen molar-refractivity contribution in [1.29, 1.82) is 0 Å². The summed E-state index contributed by atoms with van der Waals surface area (Å²) in [5.74, 6) is 0.505. The van der Waals surface area contributed by atoms with Gasteiger partial charge in [0.25, 0.3) is 0 Å². The SMILES string of the molecule is C[C@H](CCC(=O)NCC(=O)O)[C@H]1CC[C@H]2[C@@H]3[C@H](O)CC4C[C@H](OC(=O)C(O)Cc5ccccc5)CC[C@]4(C)[C@H]3CC[C@]12C. The third-order valence-corrected chi connectivity index (χ3v) is 12.5. The first-order valence-electron chi connectivity index (χ1n) is 16.5. The molecule has 238 valence electrons. The molecule has 8 heteroatoms. The average Bonchev–Trinajstić information content (AvgIpc) is 3.33. The number of rotatable bonds is 10. The number of amides is 1. The van der Waals surface area contributed by atoms with Crippen LogP contribution < -0.4 is 5.32 Å². The number of esters is 1. The van der Waals surface area contributed by atoms with Crippen molar-refractivity contribution in [2.24, 2.45) is 46.3 Å². The quantitative estimate of drug-likeness (QED) is 0.286. The Hall–Kier alpha value is -2.45.